The maximum absolute atomic E-state index is 13.3. The van der Waals surface area contributed by atoms with Crippen LogP contribution in [0.5, 0.6) is 0 Å². The van der Waals surface area contributed by atoms with Crippen molar-refractivity contribution in [2.24, 2.45) is 0 Å². The minimum atomic E-state index is -0.411. The molecule has 1 N–H and O–H groups in total. The van der Waals surface area contributed by atoms with Crippen LogP contribution in [0.3, 0.4) is 0 Å². The molecule has 3 nitrogen and oxygen atoms in total. The Morgan fingerprint density at radius 2 is 2.11 bits per heavy atom. The van der Waals surface area contributed by atoms with Crippen molar-refractivity contribution < 1.29 is 9.18 Å². The van der Waals surface area contributed by atoms with Crippen LogP contribution in [-0.4, -0.2) is 37.0 Å². The molecule has 0 aliphatic carbocycles. The highest BCUT2D eigenvalue weighted by molar-refractivity contribution is 9.10. The van der Waals surface area contributed by atoms with E-state index in [0.717, 1.165) is 25.9 Å². The van der Waals surface area contributed by atoms with Crippen LogP contribution in [0.2, 0.25) is 0 Å². The average molecular weight is 315 g/mol. The molecule has 2 rings (SSSR count). The summed E-state index contributed by atoms with van der Waals surface area (Å²) in [6.07, 6.45) is 1.88. The quantitative estimate of drug-likeness (QED) is 0.909. The maximum Gasteiger partial charge on any atom is 0.252 e. The summed E-state index contributed by atoms with van der Waals surface area (Å²) < 4.78 is 13.6. The Bertz CT molecular complexity index is 445. The second-order valence-electron chi connectivity index (χ2n) is 4.65. The summed E-state index contributed by atoms with van der Waals surface area (Å²) in [6.45, 7) is 1.96. The molecular weight excluding hydrogens is 299 g/mol. The van der Waals surface area contributed by atoms with Crippen LogP contribution < -0.4 is 5.32 Å². The van der Waals surface area contributed by atoms with Crippen LogP contribution in [-0.2, 0) is 0 Å². The summed E-state index contributed by atoms with van der Waals surface area (Å²) in [5, 5.41) is 2.96. The molecule has 1 aromatic carbocycles. The monoisotopic (exact) mass is 314 g/mol. The molecule has 18 heavy (non-hydrogen) atoms. The van der Waals surface area contributed by atoms with Gasteiger partial charge in [-0.3, -0.25) is 4.79 Å². The minimum absolute atomic E-state index is 0.184. The van der Waals surface area contributed by atoms with Crippen molar-refractivity contribution in [3.05, 3.63) is 34.1 Å². The van der Waals surface area contributed by atoms with E-state index in [-0.39, 0.29) is 16.4 Å². The summed E-state index contributed by atoms with van der Waals surface area (Å²) in [7, 11) is 2.07. The number of rotatable bonds is 2. The van der Waals surface area contributed by atoms with E-state index in [2.05, 4.69) is 33.2 Å². The number of carbonyl (C=O) groups is 1. The number of piperidine rings is 1. The zero-order valence-corrected chi connectivity index (χ0v) is 11.8. The van der Waals surface area contributed by atoms with Gasteiger partial charge < -0.3 is 10.2 Å². The zero-order valence-electron chi connectivity index (χ0n) is 10.2. The van der Waals surface area contributed by atoms with Gasteiger partial charge in [-0.2, -0.15) is 0 Å². The summed E-state index contributed by atoms with van der Waals surface area (Å²) in [6, 6.07) is 4.68. The Morgan fingerprint density at radius 3 is 2.78 bits per heavy atom. The van der Waals surface area contributed by atoms with E-state index < -0.39 is 5.82 Å². The highest BCUT2D eigenvalue weighted by Crippen LogP contribution is 2.20. The van der Waals surface area contributed by atoms with E-state index in [1.54, 1.807) is 12.1 Å². The van der Waals surface area contributed by atoms with Crippen molar-refractivity contribution in [1.29, 1.82) is 0 Å². The lowest BCUT2D eigenvalue weighted by atomic mass is 10.0. The van der Waals surface area contributed by atoms with Gasteiger partial charge >= 0.3 is 0 Å². The second kappa shape index (κ2) is 5.80. The van der Waals surface area contributed by atoms with Crippen molar-refractivity contribution in [3.8, 4) is 0 Å². The highest BCUT2D eigenvalue weighted by atomic mass is 79.9. The fraction of sp³-hybridized carbons (Fsp3) is 0.462. The predicted octanol–water partition coefficient (Wildman–Crippen LogP) is 2.41. The molecule has 1 saturated heterocycles. The Balaban J connectivity index is 2.01. The number of amides is 1. The smallest absolute Gasteiger partial charge is 0.252 e. The summed E-state index contributed by atoms with van der Waals surface area (Å²) >= 11 is 3.11. The zero-order chi connectivity index (χ0) is 13.1. The average Bonchev–Trinajstić information content (AvgIpc) is 2.35. The van der Waals surface area contributed by atoms with Gasteiger partial charge in [0.15, 0.2) is 0 Å². The van der Waals surface area contributed by atoms with Gasteiger partial charge in [-0.25, -0.2) is 4.39 Å². The second-order valence-corrected chi connectivity index (χ2v) is 5.45. The van der Waals surface area contributed by atoms with Gasteiger partial charge in [-0.15, -0.1) is 0 Å². The molecule has 5 heteroatoms. The molecule has 0 saturated carbocycles. The molecule has 0 atom stereocenters. The van der Waals surface area contributed by atoms with Gasteiger partial charge in [0.1, 0.15) is 5.82 Å². The Kier molecular flexibility index (Phi) is 4.35. The van der Waals surface area contributed by atoms with Crippen LogP contribution in [0, 0.1) is 5.82 Å². The first-order valence-electron chi connectivity index (χ1n) is 6.01. The number of hydrogen-bond donors (Lipinski definition) is 1. The molecular formula is C13H16BrFN2O. The van der Waals surface area contributed by atoms with Crippen LogP contribution in [0.25, 0.3) is 0 Å². The molecule has 1 aliphatic heterocycles. The van der Waals surface area contributed by atoms with Gasteiger partial charge in [0.05, 0.1) is 10.0 Å². The molecule has 0 spiro atoms. The highest BCUT2D eigenvalue weighted by Gasteiger charge is 2.20. The maximum atomic E-state index is 13.3. The van der Waals surface area contributed by atoms with Crippen molar-refractivity contribution in [2.75, 3.05) is 20.1 Å². The molecule has 0 aromatic heterocycles. The molecule has 1 amide bonds. The van der Waals surface area contributed by atoms with E-state index in [9.17, 15) is 9.18 Å². The van der Waals surface area contributed by atoms with Crippen molar-refractivity contribution >= 4 is 21.8 Å². The number of carbonyl (C=O) groups excluding carboxylic acids is 1. The minimum Gasteiger partial charge on any atom is -0.349 e. The molecule has 0 unspecified atom stereocenters. The SMILES string of the molecule is CN1CCC(NC(=O)c2cccc(F)c2Br)CC1. The van der Waals surface area contributed by atoms with E-state index >= 15 is 0 Å². The first kappa shape index (κ1) is 13.5. The van der Waals surface area contributed by atoms with Gasteiger partial charge in [-0.1, -0.05) is 6.07 Å². The molecule has 0 bridgehead atoms. The topological polar surface area (TPSA) is 32.3 Å². The van der Waals surface area contributed by atoms with Crippen LogP contribution >= 0.6 is 15.9 Å². The van der Waals surface area contributed by atoms with E-state index in [1.165, 1.54) is 6.07 Å². The van der Waals surface area contributed by atoms with E-state index in [4.69, 9.17) is 0 Å². The van der Waals surface area contributed by atoms with Crippen molar-refractivity contribution in [1.82, 2.24) is 10.2 Å². The van der Waals surface area contributed by atoms with Gasteiger partial charge in [0.2, 0.25) is 0 Å². The Morgan fingerprint density at radius 1 is 1.44 bits per heavy atom. The van der Waals surface area contributed by atoms with E-state index in [0.29, 0.717) is 5.56 Å². The Labute approximate surface area is 114 Å². The largest absolute Gasteiger partial charge is 0.349 e. The fourth-order valence-electron chi connectivity index (χ4n) is 2.10. The lowest BCUT2D eigenvalue weighted by molar-refractivity contribution is 0.0915. The number of nitrogens with one attached hydrogen (secondary N) is 1. The fourth-order valence-corrected chi connectivity index (χ4v) is 2.54. The van der Waals surface area contributed by atoms with Gasteiger partial charge in [0.25, 0.3) is 5.91 Å². The molecule has 1 heterocycles. The summed E-state index contributed by atoms with van der Waals surface area (Å²) in [5.41, 5.74) is 0.355. The molecule has 98 valence electrons. The van der Waals surface area contributed by atoms with E-state index in [1.807, 2.05) is 0 Å². The number of nitrogens with zero attached hydrogens (tertiary/aromatic N) is 1. The third-order valence-electron chi connectivity index (χ3n) is 3.25. The number of benzene rings is 1. The molecule has 1 aliphatic rings. The van der Waals surface area contributed by atoms with Crippen molar-refractivity contribution in [3.63, 3.8) is 0 Å². The number of halogens is 2. The van der Waals surface area contributed by atoms with Gasteiger partial charge in [-0.05, 0) is 61.0 Å². The first-order valence-corrected chi connectivity index (χ1v) is 6.80. The van der Waals surface area contributed by atoms with Gasteiger partial charge in [0, 0.05) is 6.04 Å². The summed E-state index contributed by atoms with van der Waals surface area (Å²) in [4.78, 5) is 14.3. The first-order chi connectivity index (χ1) is 8.58. The molecule has 1 fully saturated rings. The predicted molar refractivity (Wildman–Crippen MR) is 72.1 cm³/mol. The molecule has 0 radical (unpaired) electrons. The third-order valence-corrected chi connectivity index (χ3v) is 4.06. The summed E-state index contributed by atoms with van der Waals surface area (Å²) in [5.74, 6) is -0.623. The lowest BCUT2D eigenvalue weighted by Crippen LogP contribution is -2.43. The lowest BCUT2D eigenvalue weighted by Gasteiger charge is -2.29. The van der Waals surface area contributed by atoms with Crippen LogP contribution in [0.4, 0.5) is 4.39 Å². The van der Waals surface area contributed by atoms with Crippen molar-refractivity contribution in [2.45, 2.75) is 18.9 Å². The number of hydrogen-bond acceptors (Lipinski definition) is 2. The third kappa shape index (κ3) is 3.09. The molecule has 1 aromatic rings. The standard InChI is InChI=1S/C13H16BrFN2O/c1-17-7-5-9(6-8-17)16-13(18)10-3-2-4-11(15)12(10)14/h2-4,9H,5-8H2,1H3,(H,16,18). The van der Waals surface area contributed by atoms with Crippen LogP contribution in [0.15, 0.2) is 22.7 Å². The Hall–Kier alpha value is -0.940. The normalized spacial score (nSPS) is 17.7. The number of likely N-dealkylation sites (tertiary alicyclic amines) is 1. The van der Waals surface area contributed by atoms with Crippen LogP contribution in [0.1, 0.15) is 23.2 Å².